The number of nitrogens with zero attached hydrogens (tertiary/aromatic N) is 3. The average molecular weight is 366 g/mol. The Bertz CT molecular complexity index is 1010. The molecule has 3 N–H and O–H groups in total. The molecule has 0 spiro atoms. The van der Waals surface area contributed by atoms with Crippen molar-refractivity contribution in [3.8, 4) is 11.4 Å². The largest absolute Gasteiger partial charge is 0.366 e. The maximum absolute atomic E-state index is 12.1. The molecule has 0 saturated carbocycles. The van der Waals surface area contributed by atoms with Crippen LogP contribution in [-0.2, 0) is 4.79 Å². The van der Waals surface area contributed by atoms with E-state index >= 15 is 0 Å². The highest BCUT2D eigenvalue weighted by Gasteiger charge is 2.33. The molecule has 1 aromatic heterocycles. The molecule has 1 atom stereocenters. The van der Waals surface area contributed by atoms with E-state index in [2.05, 4.69) is 15.4 Å². The molecule has 0 fully saturated rings. The fraction of sp³-hybridized carbons (Fsp3) is 0.105. The molecule has 6 nitrogen and oxygen atoms in total. The summed E-state index contributed by atoms with van der Waals surface area (Å²) in [4.78, 5) is 16.7. The van der Waals surface area contributed by atoms with Gasteiger partial charge in [0.15, 0.2) is 5.82 Å². The lowest BCUT2D eigenvalue weighted by atomic mass is 9.95. The smallest absolute Gasteiger partial charge is 0.248 e. The Labute approximate surface area is 155 Å². The third-order valence-corrected chi connectivity index (χ3v) is 4.59. The van der Waals surface area contributed by atoms with Crippen LogP contribution >= 0.6 is 11.6 Å². The van der Waals surface area contributed by atoms with Gasteiger partial charge in [-0.3, -0.25) is 4.79 Å². The monoisotopic (exact) mass is 365 g/mol. The van der Waals surface area contributed by atoms with Gasteiger partial charge < -0.3 is 11.1 Å². The number of carbonyl (C=O) groups is 1. The summed E-state index contributed by atoms with van der Waals surface area (Å²) < 4.78 is 1.69. The topological polar surface area (TPSA) is 85.8 Å². The van der Waals surface area contributed by atoms with Gasteiger partial charge in [-0.15, -0.1) is 5.10 Å². The second kappa shape index (κ2) is 6.31. The molecule has 4 rings (SSSR count). The summed E-state index contributed by atoms with van der Waals surface area (Å²) in [5.41, 5.74) is 8.53. The molecule has 0 unspecified atom stereocenters. The molecule has 1 aliphatic rings. The van der Waals surface area contributed by atoms with E-state index in [1.807, 2.05) is 49.4 Å². The van der Waals surface area contributed by atoms with Gasteiger partial charge in [0, 0.05) is 16.3 Å². The highest BCUT2D eigenvalue weighted by molar-refractivity contribution is 6.30. The van der Waals surface area contributed by atoms with E-state index in [4.69, 9.17) is 17.3 Å². The first-order chi connectivity index (χ1) is 12.5. The maximum atomic E-state index is 12.1. The van der Waals surface area contributed by atoms with Gasteiger partial charge in [0.2, 0.25) is 11.9 Å². The van der Waals surface area contributed by atoms with Crippen molar-refractivity contribution in [3.63, 3.8) is 0 Å². The predicted octanol–water partition coefficient (Wildman–Crippen LogP) is 3.37. The molecule has 130 valence electrons. The molecular formula is C19H16ClN5O. The van der Waals surface area contributed by atoms with Crippen molar-refractivity contribution in [3.05, 3.63) is 76.5 Å². The maximum Gasteiger partial charge on any atom is 0.248 e. The van der Waals surface area contributed by atoms with Crippen LogP contribution in [0, 0.1) is 0 Å². The minimum atomic E-state index is -0.502. The Morgan fingerprint density at radius 1 is 1.15 bits per heavy atom. The minimum Gasteiger partial charge on any atom is -0.366 e. The van der Waals surface area contributed by atoms with Crippen molar-refractivity contribution in [2.24, 2.45) is 5.73 Å². The second-order valence-corrected chi connectivity index (χ2v) is 6.49. The van der Waals surface area contributed by atoms with Crippen LogP contribution in [0.25, 0.3) is 11.4 Å². The number of amides is 1. The first-order valence-corrected chi connectivity index (χ1v) is 8.47. The number of carbonyl (C=O) groups excluding carboxylic acids is 1. The highest BCUT2D eigenvalue weighted by Crippen LogP contribution is 2.36. The summed E-state index contributed by atoms with van der Waals surface area (Å²) in [6, 6.07) is 16.5. The summed E-state index contributed by atoms with van der Waals surface area (Å²) >= 11 is 6.01. The number of nitrogens with two attached hydrogens (primary N) is 1. The normalized spacial score (nSPS) is 16.2. The number of rotatable bonds is 3. The number of allylic oxidation sites excluding steroid dienone is 1. The Hall–Kier alpha value is -3.12. The fourth-order valence-electron chi connectivity index (χ4n) is 3.13. The summed E-state index contributed by atoms with van der Waals surface area (Å²) in [7, 11) is 0. The van der Waals surface area contributed by atoms with E-state index < -0.39 is 11.9 Å². The lowest BCUT2D eigenvalue weighted by Gasteiger charge is -2.27. The molecule has 0 saturated heterocycles. The predicted molar refractivity (Wildman–Crippen MR) is 101 cm³/mol. The summed E-state index contributed by atoms with van der Waals surface area (Å²) in [5, 5.41) is 8.39. The summed E-state index contributed by atoms with van der Waals surface area (Å²) in [6.45, 7) is 1.81. The summed E-state index contributed by atoms with van der Waals surface area (Å²) in [6.07, 6.45) is 0. The van der Waals surface area contributed by atoms with E-state index in [-0.39, 0.29) is 0 Å². The van der Waals surface area contributed by atoms with E-state index in [0.29, 0.717) is 28.1 Å². The van der Waals surface area contributed by atoms with Crippen LogP contribution in [0.2, 0.25) is 5.02 Å². The summed E-state index contributed by atoms with van der Waals surface area (Å²) in [5.74, 6) is 0.634. The van der Waals surface area contributed by atoms with Crippen molar-refractivity contribution in [2.45, 2.75) is 13.0 Å². The average Bonchev–Trinajstić information content (AvgIpc) is 3.05. The van der Waals surface area contributed by atoms with Gasteiger partial charge in [0.1, 0.15) is 6.04 Å². The standard InChI is InChI=1S/C19H16ClN5O/c1-11-15(17(21)26)16(12-7-9-14(20)10-8-12)25-19(22-11)23-18(24-25)13-5-3-2-4-6-13/h2-10,16H,1H3,(H2,21,26)(H,22,23,24)/t16-/m1/s1. The molecule has 2 aromatic carbocycles. The lowest BCUT2D eigenvalue weighted by Crippen LogP contribution is -2.31. The van der Waals surface area contributed by atoms with E-state index in [1.54, 1.807) is 16.8 Å². The van der Waals surface area contributed by atoms with Gasteiger partial charge in [0.25, 0.3) is 0 Å². The Balaban J connectivity index is 1.88. The number of halogens is 1. The van der Waals surface area contributed by atoms with Crippen molar-refractivity contribution in [1.29, 1.82) is 0 Å². The van der Waals surface area contributed by atoms with Crippen LogP contribution in [0.5, 0.6) is 0 Å². The highest BCUT2D eigenvalue weighted by atomic mass is 35.5. The zero-order valence-electron chi connectivity index (χ0n) is 14.0. The second-order valence-electron chi connectivity index (χ2n) is 6.05. The number of hydrogen-bond donors (Lipinski definition) is 2. The molecule has 1 amide bonds. The van der Waals surface area contributed by atoms with Crippen LogP contribution in [0.1, 0.15) is 18.5 Å². The van der Waals surface area contributed by atoms with Gasteiger partial charge in [0.05, 0.1) is 5.57 Å². The van der Waals surface area contributed by atoms with Gasteiger partial charge in [-0.2, -0.15) is 4.98 Å². The van der Waals surface area contributed by atoms with Crippen molar-refractivity contribution in [2.75, 3.05) is 5.32 Å². The Morgan fingerprint density at radius 2 is 1.85 bits per heavy atom. The van der Waals surface area contributed by atoms with Crippen LogP contribution < -0.4 is 11.1 Å². The number of aromatic nitrogens is 3. The van der Waals surface area contributed by atoms with Crippen LogP contribution in [-0.4, -0.2) is 20.7 Å². The Morgan fingerprint density at radius 3 is 2.50 bits per heavy atom. The number of nitrogens with one attached hydrogen (secondary N) is 1. The quantitative estimate of drug-likeness (QED) is 0.745. The fourth-order valence-corrected chi connectivity index (χ4v) is 3.26. The van der Waals surface area contributed by atoms with Crippen molar-refractivity contribution in [1.82, 2.24) is 14.8 Å². The number of fused-ring (bicyclic) bond motifs is 1. The van der Waals surface area contributed by atoms with Crippen LogP contribution in [0.4, 0.5) is 5.95 Å². The van der Waals surface area contributed by atoms with E-state index in [0.717, 1.165) is 11.1 Å². The van der Waals surface area contributed by atoms with E-state index in [9.17, 15) is 4.79 Å². The molecule has 1 aliphatic heterocycles. The zero-order valence-corrected chi connectivity index (χ0v) is 14.7. The zero-order chi connectivity index (χ0) is 18.3. The van der Waals surface area contributed by atoms with E-state index in [1.165, 1.54) is 0 Å². The molecule has 2 heterocycles. The third-order valence-electron chi connectivity index (χ3n) is 4.34. The molecule has 7 heteroatoms. The number of benzene rings is 2. The number of hydrogen-bond acceptors (Lipinski definition) is 4. The van der Waals surface area contributed by atoms with Crippen molar-refractivity contribution < 1.29 is 4.79 Å². The van der Waals surface area contributed by atoms with Gasteiger partial charge in [-0.05, 0) is 24.6 Å². The van der Waals surface area contributed by atoms with Gasteiger partial charge in [-0.1, -0.05) is 54.1 Å². The minimum absolute atomic E-state index is 0.448. The molecule has 0 bridgehead atoms. The van der Waals surface area contributed by atoms with Gasteiger partial charge in [-0.25, -0.2) is 4.68 Å². The SMILES string of the molecule is CC1=C(C(N)=O)[C@@H](c2ccc(Cl)cc2)n2nc(-c3ccccc3)nc2N1. The van der Waals surface area contributed by atoms with Crippen molar-refractivity contribution >= 4 is 23.5 Å². The molecule has 3 aromatic rings. The Kier molecular flexibility index (Phi) is 3.97. The molecular weight excluding hydrogens is 350 g/mol. The van der Waals surface area contributed by atoms with Crippen LogP contribution in [0.3, 0.4) is 0 Å². The third kappa shape index (κ3) is 2.74. The number of anilines is 1. The first kappa shape index (κ1) is 16.4. The molecule has 0 radical (unpaired) electrons. The van der Waals surface area contributed by atoms with Gasteiger partial charge >= 0.3 is 0 Å². The van der Waals surface area contributed by atoms with Crippen LogP contribution in [0.15, 0.2) is 65.9 Å². The lowest BCUT2D eigenvalue weighted by molar-refractivity contribution is -0.115. The molecule has 26 heavy (non-hydrogen) atoms. The molecule has 0 aliphatic carbocycles. The first-order valence-electron chi connectivity index (χ1n) is 8.09. The number of primary amides is 1.